The van der Waals surface area contributed by atoms with Crippen LogP contribution < -0.4 is 5.56 Å². The van der Waals surface area contributed by atoms with Gasteiger partial charge in [0.1, 0.15) is 5.82 Å². The Labute approximate surface area is 169 Å². The van der Waals surface area contributed by atoms with Gasteiger partial charge in [-0.15, -0.1) is 0 Å². The number of carbonyl (C=O) groups excluding carboxylic acids is 1. The zero-order chi connectivity index (χ0) is 21.0. The van der Waals surface area contributed by atoms with E-state index in [4.69, 9.17) is 0 Å². The van der Waals surface area contributed by atoms with E-state index in [2.05, 4.69) is 5.10 Å². The van der Waals surface area contributed by atoms with Gasteiger partial charge in [0.15, 0.2) is 0 Å². The van der Waals surface area contributed by atoms with E-state index >= 15 is 0 Å². The van der Waals surface area contributed by atoms with Gasteiger partial charge in [0.05, 0.1) is 17.5 Å². The van der Waals surface area contributed by atoms with Gasteiger partial charge < -0.3 is 9.80 Å². The van der Waals surface area contributed by atoms with Gasteiger partial charge in [-0.3, -0.25) is 9.59 Å². The van der Waals surface area contributed by atoms with Crippen molar-refractivity contribution >= 4 is 16.7 Å². The third-order valence-corrected chi connectivity index (χ3v) is 4.84. The van der Waals surface area contributed by atoms with Crippen molar-refractivity contribution in [3.63, 3.8) is 0 Å². The van der Waals surface area contributed by atoms with Crippen LogP contribution in [-0.4, -0.2) is 52.7 Å². The van der Waals surface area contributed by atoms with Gasteiger partial charge in [-0.1, -0.05) is 36.4 Å². The third-order valence-electron chi connectivity index (χ3n) is 4.84. The fourth-order valence-electron chi connectivity index (χ4n) is 3.21. The summed E-state index contributed by atoms with van der Waals surface area (Å²) in [5.41, 5.74) is 0.807. The van der Waals surface area contributed by atoms with Crippen molar-refractivity contribution in [3.8, 4) is 0 Å². The zero-order valence-electron chi connectivity index (χ0n) is 16.9. The molecular weight excluding hydrogens is 371 g/mol. The molecule has 0 radical (unpaired) electrons. The lowest BCUT2D eigenvalue weighted by atomic mass is 10.1. The SMILES string of the molecule is CN(C)CCN(Cc1ccccc1F)C(=O)Cc1nn(C)c(=O)c2ccccc12. The molecule has 1 heterocycles. The first-order chi connectivity index (χ1) is 13.9. The summed E-state index contributed by atoms with van der Waals surface area (Å²) in [6.07, 6.45) is 0.0382. The lowest BCUT2D eigenvalue weighted by molar-refractivity contribution is -0.131. The van der Waals surface area contributed by atoms with Gasteiger partial charge in [0, 0.05) is 37.6 Å². The monoisotopic (exact) mass is 396 g/mol. The maximum Gasteiger partial charge on any atom is 0.274 e. The summed E-state index contributed by atoms with van der Waals surface area (Å²) in [6, 6.07) is 13.6. The normalized spacial score (nSPS) is 11.2. The number of halogens is 1. The fourth-order valence-corrected chi connectivity index (χ4v) is 3.21. The first-order valence-corrected chi connectivity index (χ1v) is 9.47. The molecule has 3 aromatic rings. The molecule has 0 saturated heterocycles. The quantitative estimate of drug-likeness (QED) is 0.614. The highest BCUT2D eigenvalue weighted by Gasteiger charge is 2.19. The molecule has 0 N–H and O–H groups in total. The van der Waals surface area contributed by atoms with Crippen LogP contribution in [0.15, 0.2) is 53.3 Å². The van der Waals surface area contributed by atoms with E-state index in [-0.39, 0.29) is 30.2 Å². The number of amides is 1. The predicted octanol–water partition coefficient (Wildman–Crippen LogP) is 2.21. The number of likely N-dealkylation sites (N-methyl/N-ethyl adjacent to an activating group) is 1. The molecule has 0 unspecified atom stereocenters. The molecule has 29 heavy (non-hydrogen) atoms. The van der Waals surface area contributed by atoms with Crippen molar-refractivity contribution in [1.29, 1.82) is 0 Å². The molecule has 0 aliphatic rings. The van der Waals surface area contributed by atoms with Crippen molar-refractivity contribution < 1.29 is 9.18 Å². The Bertz CT molecular complexity index is 1080. The van der Waals surface area contributed by atoms with E-state index in [9.17, 15) is 14.0 Å². The minimum absolute atomic E-state index is 0.0382. The van der Waals surface area contributed by atoms with Crippen molar-refractivity contribution in [2.75, 3.05) is 27.2 Å². The summed E-state index contributed by atoms with van der Waals surface area (Å²) in [7, 11) is 5.42. The van der Waals surface area contributed by atoms with Crippen molar-refractivity contribution in [3.05, 3.63) is 76.0 Å². The standard InChI is InChI=1S/C22H25FN4O2/c1-25(2)12-13-27(15-16-8-4-7-11-19(16)23)21(28)14-20-17-9-5-6-10-18(17)22(29)26(3)24-20/h4-11H,12-15H2,1-3H3. The Hall–Kier alpha value is -3.06. The lowest BCUT2D eigenvalue weighted by Gasteiger charge is -2.25. The molecule has 1 amide bonds. The molecule has 0 spiro atoms. The number of fused-ring (bicyclic) bond motifs is 1. The van der Waals surface area contributed by atoms with Gasteiger partial charge in [-0.2, -0.15) is 5.10 Å². The first-order valence-electron chi connectivity index (χ1n) is 9.47. The molecule has 2 aromatic carbocycles. The summed E-state index contributed by atoms with van der Waals surface area (Å²) in [5, 5.41) is 5.51. The van der Waals surface area contributed by atoms with Crippen molar-refractivity contribution in [2.24, 2.45) is 7.05 Å². The van der Waals surface area contributed by atoms with Gasteiger partial charge in [0.25, 0.3) is 5.56 Å². The Morgan fingerprint density at radius 1 is 1.03 bits per heavy atom. The molecule has 1 aromatic heterocycles. The molecular formula is C22H25FN4O2. The van der Waals surface area contributed by atoms with E-state index in [1.165, 1.54) is 10.7 Å². The van der Waals surface area contributed by atoms with Gasteiger partial charge in [-0.25, -0.2) is 9.07 Å². The molecule has 0 bridgehead atoms. The Morgan fingerprint density at radius 2 is 1.69 bits per heavy atom. The Morgan fingerprint density at radius 3 is 2.38 bits per heavy atom. The van der Waals surface area contributed by atoms with E-state index in [1.54, 1.807) is 48.3 Å². The van der Waals surface area contributed by atoms with Gasteiger partial charge in [-0.05, 0) is 26.2 Å². The highest BCUT2D eigenvalue weighted by molar-refractivity contribution is 5.88. The average molecular weight is 396 g/mol. The maximum atomic E-state index is 14.1. The number of aryl methyl sites for hydroxylation is 1. The van der Waals surface area contributed by atoms with Crippen molar-refractivity contribution in [1.82, 2.24) is 19.6 Å². The van der Waals surface area contributed by atoms with Crippen LogP contribution in [0.5, 0.6) is 0 Å². The number of benzene rings is 2. The Balaban J connectivity index is 1.90. The van der Waals surface area contributed by atoms with E-state index in [0.29, 0.717) is 35.1 Å². The minimum Gasteiger partial charge on any atom is -0.337 e. The van der Waals surface area contributed by atoms with Crippen molar-refractivity contribution in [2.45, 2.75) is 13.0 Å². The highest BCUT2D eigenvalue weighted by atomic mass is 19.1. The van der Waals surface area contributed by atoms with Crippen LogP contribution in [0.4, 0.5) is 4.39 Å². The number of hydrogen-bond donors (Lipinski definition) is 0. The van der Waals surface area contributed by atoms with Crippen LogP contribution in [0.2, 0.25) is 0 Å². The summed E-state index contributed by atoms with van der Waals surface area (Å²) in [6.45, 7) is 1.30. The van der Waals surface area contributed by atoms with Gasteiger partial charge in [0.2, 0.25) is 5.91 Å². The molecule has 7 heteroatoms. The van der Waals surface area contributed by atoms with Crippen LogP contribution >= 0.6 is 0 Å². The molecule has 0 aliphatic heterocycles. The first kappa shape index (κ1) is 20.7. The Kier molecular flexibility index (Phi) is 6.39. The lowest BCUT2D eigenvalue weighted by Crippen LogP contribution is -2.38. The minimum atomic E-state index is -0.333. The van der Waals surface area contributed by atoms with Crippen LogP contribution in [-0.2, 0) is 24.8 Å². The molecule has 6 nitrogen and oxygen atoms in total. The molecule has 152 valence electrons. The largest absolute Gasteiger partial charge is 0.337 e. The number of aromatic nitrogens is 2. The zero-order valence-corrected chi connectivity index (χ0v) is 16.9. The van der Waals surface area contributed by atoms with Crippen LogP contribution in [0, 0.1) is 5.82 Å². The van der Waals surface area contributed by atoms with Crippen LogP contribution in [0.3, 0.4) is 0 Å². The number of rotatable bonds is 7. The number of hydrogen-bond acceptors (Lipinski definition) is 4. The summed E-state index contributed by atoms with van der Waals surface area (Å²) in [4.78, 5) is 29.1. The second-order valence-corrected chi connectivity index (χ2v) is 7.31. The van der Waals surface area contributed by atoms with E-state index in [1.807, 2.05) is 25.1 Å². The molecule has 0 atom stereocenters. The van der Waals surface area contributed by atoms with E-state index in [0.717, 1.165) is 0 Å². The number of nitrogens with zero attached hydrogens (tertiary/aromatic N) is 4. The fraction of sp³-hybridized carbons (Fsp3) is 0.318. The topological polar surface area (TPSA) is 58.4 Å². The number of carbonyl (C=O) groups is 1. The smallest absolute Gasteiger partial charge is 0.274 e. The van der Waals surface area contributed by atoms with Crippen LogP contribution in [0.25, 0.3) is 10.8 Å². The second-order valence-electron chi connectivity index (χ2n) is 7.31. The summed E-state index contributed by atoms with van der Waals surface area (Å²) in [5.74, 6) is -0.493. The molecule has 0 saturated carbocycles. The predicted molar refractivity (Wildman–Crippen MR) is 111 cm³/mol. The average Bonchev–Trinajstić information content (AvgIpc) is 2.70. The maximum absolute atomic E-state index is 14.1. The van der Waals surface area contributed by atoms with Crippen LogP contribution in [0.1, 0.15) is 11.3 Å². The molecule has 0 aliphatic carbocycles. The second kappa shape index (κ2) is 8.96. The van der Waals surface area contributed by atoms with Gasteiger partial charge >= 0.3 is 0 Å². The molecule has 3 rings (SSSR count). The highest BCUT2D eigenvalue weighted by Crippen LogP contribution is 2.16. The summed E-state index contributed by atoms with van der Waals surface area (Å²) >= 11 is 0. The third kappa shape index (κ3) is 4.86. The van der Waals surface area contributed by atoms with E-state index < -0.39 is 0 Å². The summed E-state index contributed by atoms with van der Waals surface area (Å²) < 4.78 is 15.4. The molecule has 0 fully saturated rings.